The Hall–Kier alpha value is -1.63. The summed E-state index contributed by atoms with van der Waals surface area (Å²) in [6.45, 7) is 7.63. The van der Waals surface area contributed by atoms with Crippen LogP contribution in [0.4, 0.5) is 5.69 Å². The van der Waals surface area contributed by atoms with Gasteiger partial charge in [0.2, 0.25) is 0 Å². The molecule has 0 aliphatic carbocycles. The Bertz CT molecular complexity index is 722. The molecule has 2 heterocycles. The van der Waals surface area contributed by atoms with E-state index >= 15 is 0 Å². The fourth-order valence-electron chi connectivity index (χ4n) is 2.22. The second-order valence-electron chi connectivity index (χ2n) is 5.56. The van der Waals surface area contributed by atoms with Gasteiger partial charge < -0.3 is 5.32 Å². The lowest BCUT2D eigenvalue weighted by Crippen LogP contribution is -2.26. The predicted molar refractivity (Wildman–Crippen MR) is 85.3 cm³/mol. The van der Waals surface area contributed by atoms with E-state index in [0.717, 1.165) is 16.7 Å². The zero-order valence-electron chi connectivity index (χ0n) is 12.9. The van der Waals surface area contributed by atoms with Gasteiger partial charge in [-0.05, 0) is 26.8 Å². The van der Waals surface area contributed by atoms with E-state index in [1.54, 1.807) is 19.3 Å². The number of nitrogens with one attached hydrogen (secondary N) is 1. The van der Waals surface area contributed by atoms with Crippen LogP contribution in [0.1, 0.15) is 33.7 Å². The largest absolute Gasteiger partial charge is 0.380 e. The standard InChI is InChI=1S/C14H22N4O2S/c1-5-21(19,20)9-11(4)17-13-6-12-7-16-18(10(2)3)14(12)15-8-13/h6-8,10-11,17H,5,9H2,1-4H3. The van der Waals surface area contributed by atoms with E-state index in [-0.39, 0.29) is 23.6 Å². The maximum Gasteiger partial charge on any atom is 0.158 e. The maximum absolute atomic E-state index is 11.6. The first kappa shape index (κ1) is 15.8. The van der Waals surface area contributed by atoms with Gasteiger partial charge in [0.15, 0.2) is 15.5 Å². The van der Waals surface area contributed by atoms with Crippen LogP contribution >= 0.6 is 0 Å². The van der Waals surface area contributed by atoms with Crippen LogP contribution in [0, 0.1) is 0 Å². The minimum absolute atomic E-state index is 0.118. The van der Waals surface area contributed by atoms with Gasteiger partial charge in [0.25, 0.3) is 0 Å². The third-order valence-corrected chi connectivity index (χ3v) is 5.17. The zero-order chi connectivity index (χ0) is 15.6. The molecule has 116 valence electrons. The van der Waals surface area contributed by atoms with Crippen LogP contribution in [0.5, 0.6) is 0 Å². The number of rotatable bonds is 6. The molecule has 21 heavy (non-hydrogen) atoms. The SMILES string of the molecule is CCS(=O)(=O)CC(C)Nc1cnc2c(cnn2C(C)C)c1. The van der Waals surface area contributed by atoms with Crippen molar-refractivity contribution in [3.8, 4) is 0 Å². The zero-order valence-corrected chi connectivity index (χ0v) is 13.7. The molecule has 1 atom stereocenters. The quantitative estimate of drug-likeness (QED) is 0.885. The molecule has 2 aromatic heterocycles. The summed E-state index contributed by atoms with van der Waals surface area (Å²) in [6.07, 6.45) is 3.50. The van der Waals surface area contributed by atoms with Crippen molar-refractivity contribution in [2.24, 2.45) is 0 Å². The van der Waals surface area contributed by atoms with Gasteiger partial charge >= 0.3 is 0 Å². The molecule has 0 saturated carbocycles. The van der Waals surface area contributed by atoms with Gasteiger partial charge in [0, 0.05) is 23.2 Å². The molecular weight excluding hydrogens is 288 g/mol. The number of aromatic nitrogens is 3. The van der Waals surface area contributed by atoms with E-state index in [1.807, 2.05) is 17.7 Å². The third kappa shape index (κ3) is 3.72. The number of sulfone groups is 1. The Balaban J connectivity index is 2.17. The Morgan fingerprint density at radius 3 is 2.62 bits per heavy atom. The minimum atomic E-state index is -2.99. The van der Waals surface area contributed by atoms with Crippen molar-refractivity contribution < 1.29 is 8.42 Å². The van der Waals surface area contributed by atoms with E-state index in [9.17, 15) is 8.42 Å². The molecule has 2 aromatic rings. The molecule has 0 aromatic carbocycles. The molecule has 0 bridgehead atoms. The van der Waals surface area contributed by atoms with Crippen LogP contribution in [0.15, 0.2) is 18.5 Å². The molecule has 0 saturated heterocycles. The van der Waals surface area contributed by atoms with Crippen molar-refractivity contribution in [2.45, 2.75) is 39.8 Å². The molecule has 0 aliphatic rings. The van der Waals surface area contributed by atoms with Crippen molar-refractivity contribution >= 4 is 26.6 Å². The second-order valence-corrected chi connectivity index (χ2v) is 7.96. The molecule has 1 unspecified atom stereocenters. The lowest BCUT2D eigenvalue weighted by molar-refractivity contribution is 0.546. The fourth-order valence-corrected chi connectivity index (χ4v) is 3.30. The monoisotopic (exact) mass is 310 g/mol. The lowest BCUT2D eigenvalue weighted by Gasteiger charge is -2.15. The lowest BCUT2D eigenvalue weighted by atomic mass is 10.3. The summed E-state index contributed by atoms with van der Waals surface area (Å²) >= 11 is 0. The second kappa shape index (κ2) is 6.01. The average molecular weight is 310 g/mol. The number of fused-ring (bicyclic) bond motifs is 1. The van der Waals surface area contributed by atoms with Crippen molar-refractivity contribution in [3.05, 3.63) is 18.5 Å². The van der Waals surface area contributed by atoms with Gasteiger partial charge in [0.1, 0.15) is 0 Å². The Kier molecular flexibility index (Phi) is 4.51. The highest BCUT2D eigenvalue weighted by Crippen LogP contribution is 2.19. The average Bonchev–Trinajstić information content (AvgIpc) is 2.81. The first-order chi connectivity index (χ1) is 9.82. The van der Waals surface area contributed by atoms with E-state index in [1.165, 1.54) is 0 Å². The number of nitrogens with zero attached hydrogens (tertiary/aromatic N) is 3. The van der Waals surface area contributed by atoms with Gasteiger partial charge in [-0.15, -0.1) is 0 Å². The van der Waals surface area contributed by atoms with Gasteiger partial charge in [-0.2, -0.15) is 5.10 Å². The summed E-state index contributed by atoms with van der Waals surface area (Å²) in [5.74, 6) is 0.282. The van der Waals surface area contributed by atoms with Gasteiger partial charge in [0.05, 0.1) is 23.8 Å². The molecule has 0 radical (unpaired) electrons. The molecule has 0 spiro atoms. The number of anilines is 1. The van der Waals surface area contributed by atoms with Gasteiger partial charge in [-0.3, -0.25) is 0 Å². The fraction of sp³-hybridized carbons (Fsp3) is 0.571. The van der Waals surface area contributed by atoms with Gasteiger partial charge in [-0.1, -0.05) is 6.92 Å². The van der Waals surface area contributed by atoms with Crippen LogP contribution in [-0.2, 0) is 9.84 Å². The van der Waals surface area contributed by atoms with Crippen LogP contribution in [0.3, 0.4) is 0 Å². The van der Waals surface area contributed by atoms with E-state index in [4.69, 9.17) is 0 Å². The van der Waals surface area contributed by atoms with E-state index in [2.05, 4.69) is 29.2 Å². The molecule has 0 aliphatic heterocycles. The number of pyridine rings is 1. The highest BCUT2D eigenvalue weighted by molar-refractivity contribution is 7.91. The summed E-state index contributed by atoms with van der Waals surface area (Å²) in [4.78, 5) is 4.42. The van der Waals surface area contributed by atoms with E-state index in [0.29, 0.717) is 0 Å². The Labute approximate surface area is 125 Å². The molecule has 0 amide bonds. The molecule has 6 nitrogen and oxygen atoms in total. The van der Waals surface area contributed by atoms with Crippen LogP contribution < -0.4 is 5.32 Å². The molecule has 1 N–H and O–H groups in total. The number of hydrogen-bond acceptors (Lipinski definition) is 5. The predicted octanol–water partition coefficient (Wildman–Crippen LogP) is 2.25. The summed E-state index contributed by atoms with van der Waals surface area (Å²) in [6, 6.07) is 2.04. The molecular formula is C14H22N4O2S. The summed E-state index contributed by atoms with van der Waals surface area (Å²) in [5, 5.41) is 8.45. The van der Waals surface area contributed by atoms with Crippen molar-refractivity contribution in [3.63, 3.8) is 0 Å². The van der Waals surface area contributed by atoms with Crippen LogP contribution in [-0.4, -0.2) is 40.7 Å². The van der Waals surface area contributed by atoms with E-state index < -0.39 is 9.84 Å². The molecule has 2 rings (SSSR count). The topological polar surface area (TPSA) is 76.9 Å². The van der Waals surface area contributed by atoms with Crippen LogP contribution in [0.2, 0.25) is 0 Å². The highest BCUT2D eigenvalue weighted by atomic mass is 32.2. The molecule has 7 heteroatoms. The smallest absolute Gasteiger partial charge is 0.158 e. The molecule has 0 fully saturated rings. The maximum atomic E-state index is 11.6. The third-order valence-electron chi connectivity index (χ3n) is 3.28. The normalized spacial score (nSPS) is 13.8. The van der Waals surface area contributed by atoms with Crippen molar-refractivity contribution in [1.29, 1.82) is 0 Å². The first-order valence-corrected chi connectivity index (χ1v) is 8.94. The summed E-state index contributed by atoms with van der Waals surface area (Å²) in [5.41, 5.74) is 1.65. The highest BCUT2D eigenvalue weighted by Gasteiger charge is 2.14. The summed E-state index contributed by atoms with van der Waals surface area (Å²) in [7, 11) is -2.99. The Morgan fingerprint density at radius 2 is 2.00 bits per heavy atom. The van der Waals surface area contributed by atoms with Gasteiger partial charge in [-0.25, -0.2) is 18.1 Å². The van der Waals surface area contributed by atoms with Crippen LogP contribution in [0.25, 0.3) is 11.0 Å². The minimum Gasteiger partial charge on any atom is -0.380 e. The Morgan fingerprint density at radius 1 is 1.29 bits per heavy atom. The number of hydrogen-bond donors (Lipinski definition) is 1. The first-order valence-electron chi connectivity index (χ1n) is 7.12. The van der Waals surface area contributed by atoms with Crippen molar-refractivity contribution in [2.75, 3.05) is 16.8 Å². The van der Waals surface area contributed by atoms with Crippen molar-refractivity contribution in [1.82, 2.24) is 14.8 Å². The summed E-state index contributed by atoms with van der Waals surface area (Å²) < 4.78 is 25.1.